The SMILES string of the molecule is CC1COC(CO)CN1C(=O)C(C)(c1ccccc1)c1ccccc1. The van der Waals surface area contributed by atoms with Crippen molar-refractivity contribution in [2.45, 2.75) is 31.4 Å². The van der Waals surface area contributed by atoms with Crippen LogP contribution in [-0.4, -0.2) is 47.8 Å². The van der Waals surface area contributed by atoms with Crippen molar-refractivity contribution in [1.29, 1.82) is 0 Å². The van der Waals surface area contributed by atoms with Crippen molar-refractivity contribution >= 4 is 5.91 Å². The van der Waals surface area contributed by atoms with Gasteiger partial charge >= 0.3 is 0 Å². The molecule has 25 heavy (non-hydrogen) atoms. The summed E-state index contributed by atoms with van der Waals surface area (Å²) in [6, 6.07) is 19.7. The fourth-order valence-corrected chi connectivity index (χ4v) is 3.45. The summed E-state index contributed by atoms with van der Waals surface area (Å²) in [7, 11) is 0. The molecule has 2 atom stereocenters. The Balaban J connectivity index is 2.04. The second-order valence-corrected chi connectivity index (χ2v) is 6.80. The van der Waals surface area contributed by atoms with E-state index in [4.69, 9.17) is 4.74 Å². The summed E-state index contributed by atoms with van der Waals surface area (Å²) in [5, 5.41) is 9.45. The summed E-state index contributed by atoms with van der Waals surface area (Å²) in [5.41, 5.74) is 1.14. The Labute approximate surface area is 149 Å². The zero-order valence-corrected chi connectivity index (χ0v) is 14.8. The molecule has 1 amide bonds. The average Bonchev–Trinajstić information content (AvgIpc) is 2.68. The molecular weight excluding hydrogens is 314 g/mol. The van der Waals surface area contributed by atoms with Crippen LogP contribution in [0, 0.1) is 0 Å². The van der Waals surface area contributed by atoms with Gasteiger partial charge < -0.3 is 14.7 Å². The Morgan fingerprint density at radius 2 is 1.64 bits per heavy atom. The largest absolute Gasteiger partial charge is 0.394 e. The molecule has 0 aliphatic carbocycles. The second kappa shape index (κ2) is 7.38. The van der Waals surface area contributed by atoms with Crippen LogP contribution in [0.3, 0.4) is 0 Å². The number of hydrogen-bond acceptors (Lipinski definition) is 3. The zero-order valence-electron chi connectivity index (χ0n) is 14.8. The molecule has 4 heteroatoms. The van der Waals surface area contributed by atoms with Crippen LogP contribution >= 0.6 is 0 Å². The van der Waals surface area contributed by atoms with E-state index in [9.17, 15) is 9.90 Å². The summed E-state index contributed by atoms with van der Waals surface area (Å²) in [5.74, 6) is 0.0409. The van der Waals surface area contributed by atoms with Gasteiger partial charge in [-0.05, 0) is 25.0 Å². The lowest BCUT2D eigenvalue weighted by Crippen LogP contribution is -2.57. The number of carbonyl (C=O) groups is 1. The minimum Gasteiger partial charge on any atom is -0.394 e. The van der Waals surface area contributed by atoms with E-state index in [-0.39, 0.29) is 24.7 Å². The Kier molecular flexibility index (Phi) is 5.21. The minimum absolute atomic E-state index is 0.0259. The molecule has 0 spiro atoms. The molecule has 132 valence electrons. The lowest BCUT2D eigenvalue weighted by Gasteiger charge is -2.42. The lowest BCUT2D eigenvalue weighted by atomic mass is 9.74. The predicted molar refractivity (Wildman–Crippen MR) is 97.3 cm³/mol. The predicted octanol–water partition coefficient (Wildman–Crippen LogP) is 2.60. The number of hydrogen-bond donors (Lipinski definition) is 1. The van der Waals surface area contributed by atoms with E-state index >= 15 is 0 Å². The molecule has 3 rings (SSSR count). The van der Waals surface area contributed by atoms with Crippen molar-refractivity contribution in [1.82, 2.24) is 4.90 Å². The van der Waals surface area contributed by atoms with Gasteiger partial charge in [0.25, 0.3) is 0 Å². The number of aliphatic hydroxyl groups is 1. The molecule has 1 saturated heterocycles. The third-order valence-electron chi connectivity index (χ3n) is 5.10. The summed E-state index contributed by atoms with van der Waals surface area (Å²) in [4.78, 5) is 15.5. The molecule has 0 saturated carbocycles. The van der Waals surface area contributed by atoms with Gasteiger partial charge in [0.1, 0.15) is 0 Å². The highest BCUT2D eigenvalue weighted by Crippen LogP contribution is 2.35. The van der Waals surface area contributed by atoms with Crippen LogP contribution in [0.2, 0.25) is 0 Å². The summed E-state index contributed by atoms with van der Waals surface area (Å²) < 4.78 is 5.60. The molecule has 0 aromatic heterocycles. The molecule has 1 fully saturated rings. The molecule has 1 heterocycles. The number of carbonyl (C=O) groups excluding carboxylic acids is 1. The molecule has 1 aliphatic rings. The number of rotatable bonds is 4. The third-order valence-corrected chi connectivity index (χ3v) is 5.10. The normalized spacial score (nSPS) is 21.2. The lowest BCUT2D eigenvalue weighted by molar-refractivity contribution is -0.150. The maximum atomic E-state index is 13.7. The summed E-state index contributed by atoms with van der Waals surface area (Å²) in [6.07, 6.45) is -0.323. The molecule has 0 radical (unpaired) electrons. The second-order valence-electron chi connectivity index (χ2n) is 6.80. The minimum atomic E-state index is -0.784. The molecule has 2 aromatic rings. The molecule has 0 bridgehead atoms. The van der Waals surface area contributed by atoms with Crippen molar-refractivity contribution in [3.63, 3.8) is 0 Å². The van der Waals surface area contributed by atoms with Gasteiger partial charge in [0.2, 0.25) is 5.91 Å². The molecule has 2 unspecified atom stereocenters. The van der Waals surface area contributed by atoms with Gasteiger partial charge in [-0.1, -0.05) is 60.7 Å². The smallest absolute Gasteiger partial charge is 0.237 e. The number of amides is 1. The molecular formula is C21H25NO3. The van der Waals surface area contributed by atoms with Crippen LogP contribution in [0.5, 0.6) is 0 Å². The maximum Gasteiger partial charge on any atom is 0.237 e. The Morgan fingerprint density at radius 3 is 2.12 bits per heavy atom. The Morgan fingerprint density at radius 1 is 1.12 bits per heavy atom. The van der Waals surface area contributed by atoms with Crippen LogP contribution in [0.15, 0.2) is 60.7 Å². The standard InChI is InChI=1S/C21H25NO3/c1-16-15-25-19(14-23)13-22(16)20(24)21(2,17-9-5-3-6-10-17)18-11-7-4-8-12-18/h3-12,16,19,23H,13-15H2,1-2H3. The highest BCUT2D eigenvalue weighted by Gasteiger charge is 2.43. The van der Waals surface area contributed by atoms with Crippen LogP contribution in [0.25, 0.3) is 0 Å². The summed E-state index contributed by atoms with van der Waals surface area (Å²) in [6.45, 7) is 4.74. The monoisotopic (exact) mass is 339 g/mol. The van der Waals surface area contributed by atoms with E-state index in [1.54, 1.807) is 0 Å². The van der Waals surface area contributed by atoms with Crippen LogP contribution in [-0.2, 0) is 14.9 Å². The number of ether oxygens (including phenoxy) is 1. The Hall–Kier alpha value is -2.17. The van der Waals surface area contributed by atoms with E-state index < -0.39 is 5.41 Å². The Bertz CT molecular complexity index is 662. The third kappa shape index (κ3) is 3.32. The highest BCUT2D eigenvalue weighted by atomic mass is 16.5. The van der Waals surface area contributed by atoms with Crippen LogP contribution in [0.4, 0.5) is 0 Å². The van der Waals surface area contributed by atoms with E-state index in [0.29, 0.717) is 13.2 Å². The van der Waals surface area contributed by atoms with Crippen molar-refractivity contribution in [2.75, 3.05) is 19.8 Å². The quantitative estimate of drug-likeness (QED) is 0.931. The van der Waals surface area contributed by atoms with Crippen molar-refractivity contribution in [2.24, 2.45) is 0 Å². The summed E-state index contributed by atoms with van der Waals surface area (Å²) >= 11 is 0. The molecule has 4 nitrogen and oxygen atoms in total. The van der Waals surface area contributed by atoms with Gasteiger partial charge in [-0.3, -0.25) is 4.79 Å². The highest BCUT2D eigenvalue weighted by molar-refractivity contribution is 5.92. The number of nitrogens with zero attached hydrogens (tertiary/aromatic N) is 1. The van der Waals surface area contributed by atoms with Gasteiger partial charge in [0.05, 0.1) is 30.8 Å². The first-order chi connectivity index (χ1) is 12.1. The van der Waals surface area contributed by atoms with Gasteiger partial charge in [-0.2, -0.15) is 0 Å². The first-order valence-electron chi connectivity index (χ1n) is 8.72. The first-order valence-corrected chi connectivity index (χ1v) is 8.72. The van der Waals surface area contributed by atoms with Crippen molar-refractivity contribution in [3.05, 3.63) is 71.8 Å². The van der Waals surface area contributed by atoms with Crippen LogP contribution in [0.1, 0.15) is 25.0 Å². The van der Waals surface area contributed by atoms with Crippen LogP contribution < -0.4 is 0 Å². The number of aliphatic hydroxyl groups excluding tert-OH is 1. The van der Waals surface area contributed by atoms with Gasteiger partial charge in [0, 0.05) is 6.54 Å². The zero-order chi connectivity index (χ0) is 17.9. The fourth-order valence-electron chi connectivity index (χ4n) is 3.45. The number of benzene rings is 2. The van der Waals surface area contributed by atoms with Gasteiger partial charge in [-0.15, -0.1) is 0 Å². The van der Waals surface area contributed by atoms with Crippen molar-refractivity contribution < 1.29 is 14.6 Å². The molecule has 2 aromatic carbocycles. The van der Waals surface area contributed by atoms with E-state index in [2.05, 4.69) is 0 Å². The average molecular weight is 339 g/mol. The van der Waals surface area contributed by atoms with Gasteiger partial charge in [0.15, 0.2) is 0 Å². The molecule has 1 N–H and O–H groups in total. The van der Waals surface area contributed by atoms with E-state index in [0.717, 1.165) is 11.1 Å². The topological polar surface area (TPSA) is 49.8 Å². The fraction of sp³-hybridized carbons (Fsp3) is 0.381. The number of morpholine rings is 1. The van der Waals surface area contributed by atoms with Gasteiger partial charge in [-0.25, -0.2) is 0 Å². The van der Waals surface area contributed by atoms with E-state index in [1.807, 2.05) is 79.4 Å². The van der Waals surface area contributed by atoms with E-state index in [1.165, 1.54) is 0 Å². The maximum absolute atomic E-state index is 13.7. The molecule has 1 aliphatic heterocycles. The first kappa shape index (κ1) is 17.6. The van der Waals surface area contributed by atoms with Crippen molar-refractivity contribution in [3.8, 4) is 0 Å².